The number of amides is 2. The van der Waals surface area contributed by atoms with Crippen molar-refractivity contribution in [3.05, 3.63) is 30.1 Å². The fourth-order valence-electron chi connectivity index (χ4n) is 1.29. The highest BCUT2D eigenvalue weighted by atomic mass is 32.2. The summed E-state index contributed by atoms with van der Waals surface area (Å²) in [4.78, 5) is 22.3. The second kappa shape index (κ2) is 4.11. The molecule has 2 amide bonds. The van der Waals surface area contributed by atoms with Gasteiger partial charge in [0.1, 0.15) is 5.82 Å². The van der Waals surface area contributed by atoms with Crippen molar-refractivity contribution in [2.75, 3.05) is 5.75 Å². The Morgan fingerprint density at radius 2 is 1.76 bits per heavy atom. The van der Waals surface area contributed by atoms with Crippen molar-refractivity contribution in [1.82, 2.24) is 4.31 Å². The van der Waals surface area contributed by atoms with Gasteiger partial charge in [0.15, 0.2) is 0 Å². The van der Waals surface area contributed by atoms with Crippen LogP contribution in [0, 0.1) is 5.82 Å². The van der Waals surface area contributed by atoms with E-state index in [1.807, 2.05) is 0 Å². The number of hydrogen-bond donors (Lipinski definition) is 0. The Morgan fingerprint density at radius 1 is 1.18 bits per heavy atom. The molecule has 1 heterocycles. The minimum atomic E-state index is -4.21. The monoisotopic (exact) mass is 275 g/mol. The van der Waals surface area contributed by atoms with E-state index in [0.717, 1.165) is 24.3 Å². The van der Waals surface area contributed by atoms with Crippen LogP contribution in [0.3, 0.4) is 0 Å². The molecule has 1 aromatic rings. The smallest absolute Gasteiger partial charge is 0.272 e. The fraction of sp³-hybridized carbons (Fsp3) is 0.111. The number of halogens is 1. The summed E-state index contributed by atoms with van der Waals surface area (Å²) in [5, 5.41) is -0.834. The number of hydrogen-bond acceptors (Lipinski definition) is 5. The van der Waals surface area contributed by atoms with Gasteiger partial charge in [-0.3, -0.25) is 9.59 Å². The summed E-state index contributed by atoms with van der Waals surface area (Å²) in [7, 11) is -4.21. The predicted molar refractivity (Wildman–Crippen MR) is 58.3 cm³/mol. The van der Waals surface area contributed by atoms with Crippen molar-refractivity contribution in [3.8, 4) is 0 Å². The van der Waals surface area contributed by atoms with E-state index in [9.17, 15) is 22.4 Å². The first-order chi connectivity index (χ1) is 7.93. The van der Waals surface area contributed by atoms with Gasteiger partial charge in [0, 0.05) is 0 Å². The lowest BCUT2D eigenvalue weighted by Gasteiger charge is -2.13. The van der Waals surface area contributed by atoms with E-state index in [2.05, 4.69) is 0 Å². The molecule has 0 saturated carbocycles. The third-order valence-electron chi connectivity index (χ3n) is 2.06. The Morgan fingerprint density at radius 3 is 2.24 bits per heavy atom. The van der Waals surface area contributed by atoms with Crippen LogP contribution in [0.5, 0.6) is 0 Å². The molecule has 1 fully saturated rings. The van der Waals surface area contributed by atoms with Gasteiger partial charge in [-0.2, -0.15) is 4.31 Å². The second-order valence-corrected chi connectivity index (χ2v) is 5.88. The Balaban J connectivity index is 2.46. The second-order valence-electron chi connectivity index (χ2n) is 3.17. The van der Waals surface area contributed by atoms with Gasteiger partial charge >= 0.3 is 5.24 Å². The molecule has 1 aromatic carbocycles. The molecule has 1 aliphatic heterocycles. The molecule has 8 heteroatoms. The standard InChI is InChI=1S/C9H6FNO4S2/c10-6-1-3-7(4-2-6)17(14,15)11-8(12)5-16-9(11)13/h1-4H,5H2. The zero-order valence-corrected chi connectivity index (χ0v) is 9.92. The van der Waals surface area contributed by atoms with Crippen LogP contribution in [0.1, 0.15) is 0 Å². The largest absolute Gasteiger partial charge is 0.303 e. The van der Waals surface area contributed by atoms with Crippen LogP contribution in [-0.2, 0) is 14.8 Å². The number of carbonyl (C=O) groups excluding carboxylic acids is 2. The van der Waals surface area contributed by atoms with Crippen LogP contribution >= 0.6 is 11.8 Å². The number of sulfonamides is 1. The van der Waals surface area contributed by atoms with E-state index in [1.165, 1.54) is 0 Å². The lowest BCUT2D eigenvalue weighted by molar-refractivity contribution is -0.121. The van der Waals surface area contributed by atoms with Crippen LogP contribution < -0.4 is 0 Å². The van der Waals surface area contributed by atoms with Crippen molar-refractivity contribution >= 4 is 32.9 Å². The molecule has 0 atom stereocenters. The zero-order chi connectivity index (χ0) is 12.6. The third kappa shape index (κ3) is 2.05. The van der Waals surface area contributed by atoms with Crippen molar-refractivity contribution in [2.45, 2.75) is 4.90 Å². The highest BCUT2D eigenvalue weighted by Gasteiger charge is 2.40. The van der Waals surface area contributed by atoms with Gasteiger partial charge in [0.25, 0.3) is 15.9 Å². The topological polar surface area (TPSA) is 71.5 Å². The number of carbonyl (C=O) groups is 2. The number of rotatable bonds is 2. The summed E-state index contributed by atoms with van der Waals surface area (Å²) in [6.07, 6.45) is 0. The molecule has 1 aliphatic rings. The highest BCUT2D eigenvalue weighted by Crippen LogP contribution is 2.26. The molecule has 0 N–H and O–H groups in total. The Hall–Kier alpha value is -1.41. The van der Waals surface area contributed by atoms with Gasteiger partial charge in [-0.1, -0.05) is 11.8 Å². The van der Waals surface area contributed by atoms with Crippen LogP contribution in [-0.4, -0.2) is 29.6 Å². The molecule has 0 aromatic heterocycles. The molecular formula is C9H6FNO4S2. The normalized spacial score (nSPS) is 16.6. The van der Waals surface area contributed by atoms with Gasteiger partial charge < -0.3 is 0 Å². The van der Waals surface area contributed by atoms with Crippen molar-refractivity contribution in [3.63, 3.8) is 0 Å². The molecule has 17 heavy (non-hydrogen) atoms. The number of nitrogens with zero attached hydrogens (tertiary/aromatic N) is 1. The Labute approximate surface area is 101 Å². The molecule has 0 aliphatic carbocycles. The summed E-state index contributed by atoms with van der Waals surface area (Å²) in [5.41, 5.74) is 0. The first-order valence-electron chi connectivity index (χ1n) is 4.43. The Kier molecular flexibility index (Phi) is 2.92. The summed E-state index contributed by atoms with van der Waals surface area (Å²) in [5.74, 6) is -1.58. The average Bonchev–Trinajstić information content (AvgIpc) is 2.59. The van der Waals surface area contributed by atoms with E-state index in [-0.39, 0.29) is 15.0 Å². The maximum Gasteiger partial charge on any atom is 0.303 e. The molecule has 90 valence electrons. The molecule has 2 rings (SSSR count). The molecule has 5 nitrogen and oxygen atoms in total. The Bertz CT molecular complexity index is 566. The molecule has 0 radical (unpaired) electrons. The maximum atomic E-state index is 12.7. The first kappa shape index (κ1) is 12.1. The fourth-order valence-corrected chi connectivity index (χ4v) is 3.64. The van der Waals surface area contributed by atoms with Gasteiger partial charge in [-0.05, 0) is 24.3 Å². The first-order valence-corrected chi connectivity index (χ1v) is 6.86. The number of benzene rings is 1. The molecular weight excluding hydrogens is 269 g/mol. The van der Waals surface area contributed by atoms with Crippen molar-refractivity contribution in [2.24, 2.45) is 0 Å². The van der Waals surface area contributed by atoms with E-state index >= 15 is 0 Å². The lowest BCUT2D eigenvalue weighted by atomic mass is 10.4. The van der Waals surface area contributed by atoms with Gasteiger partial charge in [0.05, 0.1) is 10.6 Å². The molecule has 0 bridgehead atoms. The third-order valence-corrected chi connectivity index (χ3v) is 4.72. The summed E-state index contributed by atoms with van der Waals surface area (Å²) in [6.45, 7) is 0. The van der Waals surface area contributed by atoms with Crippen LogP contribution in [0.2, 0.25) is 0 Å². The molecule has 0 spiro atoms. The van der Waals surface area contributed by atoms with Crippen LogP contribution in [0.15, 0.2) is 29.2 Å². The number of imide groups is 1. The average molecular weight is 275 g/mol. The van der Waals surface area contributed by atoms with E-state index in [4.69, 9.17) is 0 Å². The van der Waals surface area contributed by atoms with Gasteiger partial charge in [-0.25, -0.2) is 12.8 Å². The van der Waals surface area contributed by atoms with Gasteiger partial charge in [-0.15, -0.1) is 0 Å². The van der Waals surface area contributed by atoms with Crippen molar-refractivity contribution < 1.29 is 22.4 Å². The molecule has 1 saturated heterocycles. The van der Waals surface area contributed by atoms with E-state index in [0.29, 0.717) is 11.8 Å². The number of thioether (sulfide) groups is 1. The predicted octanol–water partition coefficient (Wildman–Crippen LogP) is 1.21. The van der Waals surface area contributed by atoms with Gasteiger partial charge in [0.2, 0.25) is 0 Å². The highest BCUT2D eigenvalue weighted by molar-refractivity contribution is 8.16. The zero-order valence-electron chi connectivity index (χ0n) is 8.29. The summed E-state index contributed by atoms with van der Waals surface area (Å²) < 4.78 is 36.7. The van der Waals surface area contributed by atoms with Crippen LogP contribution in [0.25, 0.3) is 0 Å². The quantitative estimate of drug-likeness (QED) is 0.811. The van der Waals surface area contributed by atoms with E-state index in [1.54, 1.807) is 0 Å². The SMILES string of the molecule is O=C1CSC(=O)N1S(=O)(=O)c1ccc(F)cc1. The van der Waals surface area contributed by atoms with E-state index < -0.39 is 27.0 Å². The minimum absolute atomic E-state index is 0.195. The lowest BCUT2D eigenvalue weighted by Crippen LogP contribution is -2.35. The summed E-state index contributed by atoms with van der Waals surface area (Å²) >= 11 is 0.622. The van der Waals surface area contributed by atoms with Crippen LogP contribution in [0.4, 0.5) is 9.18 Å². The summed E-state index contributed by atoms with van der Waals surface area (Å²) in [6, 6.07) is 3.92. The van der Waals surface area contributed by atoms with Crippen molar-refractivity contribution in [1.29, 1.82) is 0 Å². The molecule has 0 unspecified atom stereocenters. The minimum Gasteiger partial charge on any atom is -0.272 e. The maximum absolute atomic E-state index is 12.7.